The quantitative estimate of drug-likeness (QED) is 0.310. The molecule has 2 heterocycles. The number of thiazole rings is 2. The molecule has 0 aliphatic heterocycles. The summed E-state index contributed by atoms with van der Waals surface area (Å²) in [5.41, 5.74) is 3.46. The molecule has 0 saturated heterocycles. The molecule has 0 bridgehead atoms. The first kappa shape index (κ1) is 20.9. The first-order chi connectivity index (χ1) is 15.0. The van der Waals surface area contributed by atoms with Gasteiger partial charge in [-0.25, -0.2) is 9.97 Å². The van der Waals surface area contributed by atoms with Crippen LogP contribution in [0.2, 0.25) is 5.02 Å². The minimum atomic E-state index is -0.180. The minimum Gasteiger partial charge on any atom is -0.274 e. The monoisotopic (exact) mass is 462 g/mol. The van der Waals surface area contributed by atoms with E-state index in [0.29, 0.717) is 32.1 Å². The molecule has 2 aromatic heterocycles. The average molecular weight is 463 g/mol. The molecule has 0 aliphatic rings. The van der Waals surface area contributed by atoms with E-state index in [2.05, 4.69) is 16.0 Å². The third kappa shape index (κ3) is 4.72. The Morgan fingerprint density at radius 1 is 1.10 bits per heavy atom. The molecule has 0 radical (unpaired) electrons. The maximum absolute atomic E-state index is 12.3. The van der Waals surface area contributed by atoms with Gasteiger partial charge in [0.1, 0.15) is 11.1 Å². The summed E-state index contributed by atoms with van der Waals surface area (Å²) in [6.45, 7) is 1.47. The molecule has 2 aromatic carbocycles. The van der Waals surface area contributed by atoms with Crippen molar-refractivity contribution in [2.75, 3.05) is 4.90 Å². The smallest absolute Gasteiger partial charge is 0.230 e. The van der Waals surface area contributed by atoms with Crippen LogP contribution in [0.25, 0.3) is 22.9 Å². The lowest BCUT2D eigenvalue weighted by molar-refractivity contribution is -0.115. The van der Waals surface area contributed by atoms with E-state index in [1.165, 1.54) is 34.5 Å². The van der Waals surface area contributed by atoms with Crippen molar-refractivity contribution in [2.24, 2.45) is 0 Å². The van der Waals surface area contributed by atoms with Crippen molar-refractivity contribution in [1.82, 2.24) is 9.97 Å². The average Bonchev–Trinajstić information content (AvgIpc) is 3.43. The van der Waals surface area contributed by atoms with Crippen LogP contribution in [-0.4, -0.2) is 15.9 Å². The Bertz CT molecular complexity index is 1300. The summed E-state index contributed by atoms with van der Waals surface area (Å²) in [6, 6.07) is 19.1. The number of aromatic nitrogens is 2. The van der Waals surface area contributed by atoms with Gasteiger partial charge in [0.25, 0.3) is 0 Å². The first-order valence-electron chi connectivity index (χ1n) is 9.20. The number of amides is 1. The zero-order chi connectivity index (χ0) is 21.8. The van der Waals surface area contributed by atoms with Crippen LogP contribution < -0.4 is 4.90 Å². The van der Waals surface area contributed by atoms with Crippen molar-refractivity contribution in [3.63, 3.8) is 0 Å². The van der Waals surface area contributed by atoms with Crippen LogP contribution in [0, 0.1) is 11.3 Å². The molecule has 0 unspecified atom stereocenters. The zero-order valence-corrected chi connectivity index (χ0v) is 18.7. The van der Waals surface area contributed by atoms with Gasteiger partial charge in [0, 0.05) is 28.3 Å². The van der Waals surface area contributed by atoms with Crippen molar-refractivity contribution in [3.05, 3.63) is 81.1 Å². The molecular formula is C23H15ClN4OS2. The van der Waals surface area contributed by atoms with Crippen LogP contribution in [0.4, 0.5) is 10.8 Å². The summed E-state index contributed by atoms with van der Waals surface area (Å²) in [7, 11) is 0. The number of allylic oxidation sites excluding steroid dienone is 1. The fourth-order valence-electron chi connectivity index (χ4n) is 2.92. The van der Waals surface area contributed by atoms with Gasteiger partial charge in [0.2, 0.25) is 5.91 Å². The topological polar surface area (TPSA) is 69.9 Å². The molecule has 0 atom stereocenters. The summed E-state index contributed by atoms with van der Waals surface area (Å²) in [4.78, 5) is 22.9. The highest BCUT2D eigenvalue weighted by atomic mass is 35.5. The first-order valence-corrected chi connectivity index (χ1v) is 11.3. The molecular weight excluding hydrogens is 448 g/mol. The Balaban J connectivity index is 1.64. The number of nitriles is 1. The molecule has 31 heavy (non-hydrogen) atoms. The second kappa shape index (κ2) is 9.23. The predicted molar refractivity (Wildman–Crippen MR) is 127 cm³/mol. The van der Waals surface area contributed by atoms with Crippen LogP contribution in [0.5, 0.6) is 0 Å². The van der Waals surface area contributed by atoms with Crippen molar-refractivity contribution in [1.29, 1.82) is 5.26 Å². The van der Waals surface area contributed by atoms with E-state index in [1.54, 1.807) is 35.7 Å². The van der Waals surface area contributed by atoms with Crippen molar-refractivity contribution >= 4 is 62.6 Å². The van der Waals surface area contributed by atoms with Gasteiger partial charge < -0.3 is 0 Å². The normalized spacial score (nSPS) is 11.2. The highest BCUT2D eigenvalue weighted by Crippen LogP contribution is 2.32. The molecule has 0 spiro atoms. The maximum atomic E-state index is 12.3. The zero-order valence-electron chi connectivity index (χ0n) is 16.3. The van der Waals surface area contributed by atoms with E-state index in [0.717, 1.165) is 11.3 Å². The molecule has 0 N–H and O–H groups in total. The molecule has 0 fully saturated rings. The fraction of sp³-hybridized carbons (Fsp3) is 0.0435. The summed E-state index contributed by atoms with van der Waals surface area (Å²) >= 11 is 8.81. The Morgan fingerprint density at radius 2 is 1.90 bits per heavy atom. The minimum absolute atomic E-state index is 0.180. The summed E-state index contributed by atoms with van der Waals surface area (Å²) in [6.07, 6.45) is 1.68. The Kier molecular flexibility index (Phi) is 6.23. The van der Waals surface area contributed by atoms with Crippen LogP contribution in [-0.2, 0) is 4.79 Å². The summed E-state index contributed by atoms with van der Waals surface area (Å²) in [5.74, 6) is -0.180. The van der Waals surface area contributed by atoms with E-state index in [1.807, 2.05) is 35.7 Å². The number of benzene rings is 2. The van der Waals surface area contributed by atoms with E-state index >= 15 is 0 Å². The predicted octanol–water partition coefficient (Wildman–Crippen LogP) is 6.67. The number of nitrogens with zero attached hydrogens (tertiary/aromatic N) is 4. The van der Waals surface area contributed by atoms with Gasteiger partial charge in [-0.05, 0) is 24.3 Å². The van der Waals surface area contributed by atoms with Crippen molar-refractivity contribution < 1.29 is 4.79 Å². The third-order valence-corrected chi connectivity index (χ3v) is 6.25. The lowest BCUT2D eigenvalue weighted by Gasteiger charge is -2.18. The Labute approximate surface area is 192 Å². The fourth-order valence-corrected chi connectivity index (χ4v) is 4.74. The van der Waals surface area contributed by atoms with Gasteiger partial charge in [-0.1, -0.05) is 48.0 Å². The highest BCUT2D eigenvalue weighted by molar-refractivity contribution is 7.14. The number of hydrogen-bond donors (Lipinski definition) is 0. The molecule has 5 nitrogen and oxygen atoms in total. The molecule has 0 aliphatic carbocycles. The number of hydrogen-bond acceptors (Lipinski definition) is 6. The largest absolute Gasteiger partial charge is 0.274 e. The molecule has 4 rings (SSSR count). The third-order valence-electron chi connectivity index (χ3n) is 4.30. The van der Waals surface area contributed by atoms with Crippen LogP contribution >= 0.6 is 34.3 Å². The van der Waals surface area contributed by atoms with Gasteiger partial charge in [-0.2, -0.15) is 5.26 Å². The number of anilines is 2. The summed E-state index contributed by atoms with van der Waals surface area (Å²) < 4.78 is 0. The van der Waals surface area contributed by atoms with Gasteiger partial charge in [-0.15, -0.1) is 22.7 Å². The van der Waals surface area contributed by atoms with Gasteiger partial charge in [0.05, 0.1) is 22.6 Å². The molecule has 8 heteroatoms. The number of halogens is 1. The Morgan fingerprint density at radius 3 is 2.61 bits per heavy atom. The van der Waals surface area contributed by atoms with Crippen LogP contribution in [0.1, 0.15) is 17.6 Å². The van der Waals surface area contributed by atoms with E-state index < -0.39 is 0 Å². The van der Waals surface area contributed by atoms with Crippen molar-refractivity contribution in [3.8, 4) is 17.3 Å². The maximum Gasteiger partial charge on any atom is 0.230 e. The second-order valence-corrected chi connectivity index (χ2v) is 8.59. The number of rotatable bonds is 5. The van der Waals surface area contributed by atoms with Gasteiger partial charge in [-0.3, -0.25) is 9.69 Å². The number of carbonyl (C=O) groups is 1. The van der Waals surface area contributed by atoms with Gasteiger partial charge >= 0.3 is 0 Å². The van der Waals surface area contributed by atoms with Crippen LogP contribution in [0.3, 0.4) is 0 Å². The van der Waals surface area contributed by atoms with Crippen LogP contribution in [0.15, 0.2) is 65.4 Å². The molecule has 1 amide bonds. The van der Waals surface area contributed by atoms with Gasteiger partial charge in [0.15, 0.2) is 5.13 Å². The lowest BCUT2D eigenvalue weighted by Crippen LogP contribution is -2.22. The van der Waals surface area contributed by atoms with E-state index in [4.69, 9.17) is 11.6 Å². The Hall–Kier alpha value is -3.31. The SMILES string of the molecule is CC(=O)N(c1cccc(Cl)c1)c1nc(/C=C(\C#N)c2nc(-c3ccccc3)cs2)cs1. The second-order valence-electron chi connectivity index (χ2n) is 6.46. The van der Waals surface area contributed by atoms with Crippen molar-refractivity contribution in [2.45, 2.75) is 6.92 Å². The lowest BCUT2D eigenvalue weighted by atomic mass is 10.2. The number of carbonyl (C=O) groups excluding carboxylic acids is 1. The highest BCUT2D eigenvalue weighted by Gasteiger charge is 2.18. The molecule has 152 valence electrons. The van der Waals surface area contributed by atoms with E-state index in [-0.39, 0.29) is 5.91 Å². The molecule has 4 aromatic rings. The van der Waals surface area contributed by atoms with E-state index in [9.17, 15) is 10.1 Å². The summed E-state index contributed by atoms with van der Waals surface area (Å²) in [5, 5.41) is 15.1. The molecule has 0 saturated carbocycles. The standard InChI is InChI=1S/C23H15ClN4OS2/c1-15(29)28(20-9-5-8-18(24)11-20)23-26-19(13-31-23)10-17(12-25)22-27-21(14-30-22)16-6-3-2-4-7-16/h2-11,13-14H,1H3/b17-10+.